The molecule has 140 valence electrons. The molecule has 3 atom stereocenters. The quantitative estimate of drug-likeness (QED) is 0.758. The van der Waals surface area contributed by atoms with E-state index in [2.05, 4.69) is 6.07 Å². The summed E-state index contributed by atoms with van der Waals surface area (Å²) in [5.41, 5.74) is 4.66. The predicted molar refractivity (Wildman–Crippen MR) is 99.0 cm³/mol. The van der Waals surface area contributed by atoms with Crippen LogP contribution >= 0.6 is 0 Å². The van der Waals surface area contributed by atoms with Gasteiger partial charge >= 0.3 is 6.03 Å². The Kier molecular flexibility index (Phi) is 4.78. The number of hydrogen-bond donors (Lipinski definition) is 2. The third kappa shape index (κ3) is 2.66. The molecule has 0 saturated heterocycles. The zero-order chi connectivity index (χ0) is 20.5. The van der Waals surface area contributed by atoms with Crippen LogP contribution in [0, 0.1) is 56.7 Å². The van der Waals surface area contributed by atoms with Crippen molar-refractivity contribution in [2.75, 3.05) is 20.2 Å². The van der Waals surface area contributed by atoms with Crippen LogP contribution in [-0.2, 0) is 0 Å². The average Bonchev–Trinajstić information content (AvgIpc) is 2.72. The lowest BCUT2D eigenvalue weighted by molar-refractivity contribution is 0.189. The van der Waals surface area contributed by atoms with Gasteiger partial charge in [-0.2, -0.15) is 15.8 Å². The summed E-state index contributed by atoms with van der Waals surface area (Å²) in [5.74, 6) is -1.68. The van der Waals surface area contributed by atoms with Gasteiger partial charge in [-0.15, -0.1) is 0 Å². The molecule has 3 N–H and O–H groups in total. The van der Waals surface area contributed by atoms with Crippen LogP contribution in [0.5, 0.6) is 5.75 Å². The Balaban J connectivity index is 2.26. The Labute approximate surface area is 162 Å². The number of primary amides is 1. The molecule has 2 aliphatic rings. The SMILES string of the molecule is COc1cccc([C@@H]2[C@H]3CN(C(N)=O)CC=C3[C@H](C#N)C(=N)C2(C#N)C#N)c1. The summed E-state index contributed by atoms with van der Waals surface area (Å²) in [6, 6.07) is 12.4. The van der Waals surface area contributed by atoms with Crippen LogP contribution in [0.4, 0.5) is 4.79 Å². The Morgan fingerprint density at radius 1 is 1.36 bits per heavy atom. The summed E-state index contributed by atoms with van der Waals surface area (Å²) in [6.07, 6.45) is 1.72. The monoisotopic (exact) mass is 374 g/mol. The van der Waals surface area contributed by atoms with Gasteiger partial charge in [-0.3, -0.25) is 0 Å². The zero-order valence-corrected chi connectivity index (χ0v) is 15.2. The Morgan fingerprint density at radius 2 is 2.07 bits per heavy atom. The summed E-state index contributed by atoms with van der Waals surface area (Å²) < 4.78 is 5.27. The van der Waals surface area contributed by atoms with E-state index in [0.29, 0.717) is 16.9 Å². The van der Waals surface area contributed by atoms with Gasteiger partial charge in [0.2, 0.25) is 0 Å². The lowest BCUT2D eigenvalue weighted by Crippen LogP contribution is -2.54. The highest BCUT2D eigenvalue weighted by Crippen LogP contribution is 2.53. The second kappa shape index (κ2) is 7.06. The van der Waals surface area contributed by atoms with Crippen molar-refractivity contribution in [3.8, 4) is 24.0 Å². The molecule has 8 heteroatoms. The largest absolute Gasteiger partial charge is 0.497 e. The first kappa shape index (κ1) is 18.9. The number of benzene rings is 1. The van der Waals surface area contributed by atoms with Gasteiger partial charge in [-0.1, -0.05) is 18.2 Å². The summed E-state index contributed by atoms with van der Waals surface area (Å²) in [7, 11) is 1.51. The van der Waals surface area contributed by atoms with Gasteiger partial charge in [0.25, 0.3) is 0 Å². The van der Waals surface area contributed by atoms with E-state index in [1.807, 2.05) is 12.1 Å². The fourth-order valence-corrected chi connectivity index (χ4v) is 4.20. The van der Waals surface area contributed by atoms with Gasteiger partial charge in [-0.25, -0.2) is 4.79 Å². The van der Waals surface area contributed by atoms with Crippen molar-refractivity contribution in [2.24, 2.45) is 23.0 Å². The number of amides is 2. The van der Waals surface area contributed by atoms with E-state index in [4.69, 9.17) is 15.9 Å². The van der Waals surface area contributed by atoms with Gasteiger partial charge in [0.1, 0.15) is 11.7 Å². The molecule has 0 radical (unpaired) electrons. The minimum Gasteiger partial charge on any atom is -0.497 e. The predicted octanol–water partition coefficient (Wildman–Crippen LogP) is 1.92. The number of ether oxygens (including phenoxy) is 1. The first-order chi connectivity index (χ1) is 13.4. The van der Waals surface area contributed by atoms with Gasteiger partial charge in [0, 0.05) is 24.9 Å². The van der Waals surface area contributed by atoms with Crippen LogP contribution in [0.15, 0.2) is 35.9 Å². The van der Waals surface area contributed by atoms with Gasteiger partial charge in [0.05, 0.1) is 31.0 Å². The molecule has 0 aromatic heterocycles. The Morgan fingerprint density at radius 3 is 2.64 bits per heavy atom. The summed E-state index contributed by atoms with van der Waals surface area (Å²) >= 11 is 0. The van der Waals surface area contributed by atoms with Crippen molar-refractivity contribution >= 4 is 11.7 Å². The van der Waals surface area contributed by atoms with Crippen LogP contribution in [0.2, 0.25) is 0 Å². The van der Waals surface area contributed by atoms with Crippen molar-refractivity contribution in [3.63, 3.8) is 0 Å². The van der Waals surface area contributed by atoms with Crippen molar-refractivity contribution in [1.82, 2.24) is 4.90 Å². The van der Waals surface area contributed by atoms with Crippen molar-refractivity contribution in [1.29, 1.82) is 21.2 Å². The van der Waals surface area contributed by atoms with E-state index in [-0.39, 0.29) is 18.8 Å². The molecule has 1 aromatic rings. The van der Waals surface area contributed by atoms with Crippen LogP contribution < -0.4 is 10.5 Å². The van der Waals surface area contributed by atoms with Crippen LogP contribution in [0.3, 0.4) is 0 Å². The number of carbonyl (C=O) groups is 1. The van der Waals surface area contributed by atoms with Crippen molar-refractivity contribution in [3.05, 3.63) is 41.5 Å². The molecule has 0 bridgehead atoms. The fraction of sp³-hybridized carbons (Fsp3) is 0.350. The number of nitriles is 3. The Hall–Kier alpha value is -3.83. The minimum absolute atomic E-state index is 0.166. The number of nitrogens with one attached hydrogen (secondary N) is 1. The second-order valence-corrected chi connectivity index (χ2v) is 6.82. The van der Waals surface area contributed by atoms with E-state index in [0.717, 1.165) is 0 Å². The molecule has 0 unspecified atom stereocenters. The highest BCUT2D eigenvalue weighted by Gasteiger charge is 2.58. The molecule has 1 heterocycles. The zero-order valence-electron chi connectivity index (χ0n) is 15.2. The number of rotatable bonds is 2. The fourth-order valence-electron chi connectivity index (χ4n) is 4.20. The number of methoxy groups -OCH3 is 1. The normalized spacial score (nSPS) is 25.4. The third-order valence-electron chi connectivity index (χ3n) is 5.55. The van der Waals surface area contributed by atoms with E-state index >= 15 is 0 Å². The first-order valence-electron chi connectivity index (χ1n) is 8.62. The van der Waals surface area contributed by atoms with E-state index in [1.165, 1.54) is 12.0 Å². The first-order valence-corrected chi connectivity index (χ1v) is 8.62. The summed E-state index contributed by atoms with van der Waals surface area (Å²) in [4.78, 5) is 13.2. The second-order valence-electron chi connectivity index (χ2n) is 6.82. The number of hydrogen-bond acceptors (Lipinski definition) is 6. The molecule has 1 aliphatic carbocycles. The highest BCUT2D eigenvalue weighted by molar-refractivity contribution is 6.01. The maximum absolute atomic E-state index is 11.7. The maximum Gasteiger partial charge on any atom is 0.315 e. The molecule has 8 nitrogen and oxygen atoms in total. The van der Waals surface area contributed by atoms with Crippen LogP contribution in [0.25, 0.3) is 0 Å². The van der Waals surface area contributed by atoms with E-state index in [1.54, 1.807) is 30.3 Å². The summed E-state index contributed by atoms with van der Waals surface area (Å²) in [5, 5.41) is 38.1. The summed E-state index contributed by atoms with van der Waals surface area (Å²) in [6.45, 7) is 0.392. The number of fused-ring (bicyclic) bond motifs is 1. The van der Waals surface area contributed by atoms with Crippen molar-refractivity contribution in [2.45, 2.75) is 5.92 Å². The van der Waals surface area contributed by atoms with Gasteiger partial charge in [0.15, 0.2) is 5.41 Å². The maximum atomic E-state index is 11.7. The number of carbonyl (C=O) groups excluding carboxylic acids is 1. The van der Waals surface area contributed by atoms with Gasteiger partial charge < -0.3 is 20.8 Å². The van der Waals surface area contributed by atoms with Gasteiger partial charge in [-0.05, 0) is 23.3 Å². The molecule has 1 aromatic carbocycles. The number of nitrogens with two attached hydrogens (primary N) is 1. The van der Waals surface area contributed by atoms with E-state index in [9.17, 15) is 20.6 Å². The molecule has 2 amide bonds. The molecule has 0 spiro atoms. The average molecular weight is 374 g/mol. The third-order valence-corrected chi connectivity index (χ3v) is 5.55. The Bertz CT molecular complexity index is 979. The smallest absolute Gasteiger partial charge is 0.315 e. The minimum atomic E-state index is -1.84. The lowest BCUT2D eigenvalue weighted by atomic mass is 9.54. The molecule has 28 heavy (non-hydrogen) atoms. The molecule has 1 aliphatic heterocycles. The number of urea groups is 1. The van der Waals surface area contributed by atoms with Crippen LogP contribution in [-0.4, -0.2) is 36.8 Å². The molecule has 1 saturated carbocycles. The molecular formula is C20H18N6O2. The molecule has 3 rings (SSSR count). The molecular weight excluding hydrogens is 356 g/mol. The van der Waals surface area contributed by atoms with Crippen molar-refractivity contribution < 1.29 is 9.53 Å². The standard InChI is InChI=1S/C20H18N6O2/c1-28-13-4-2-3-12(7-13)17-16-9-26(19(25)27)6-5-14(16)15(8-21)18(24)20(17,10-22)11-23/h2-5,7,15-17,24H,6,9H2,1H3,(H2,25,27)/t15-,16-,17+/m0/s1. The number of nitrogens with zero attached hydrogens (tertiary/aromatic N) is 4. The van der Waals surface area contributed by atoms with E-state index < -0.39 is 29.2 Å². The highest BCUT2D eigenvalue weighted by atomic mass is 16.5. The lowest BCUT2D eigenvalue weighted by Gasteiger charge is -2.47. The topological polar surface area (TPSA) is 151 Å². The van der Waals surface area contributed by atoms with Crippen LogP contribution in [0.1, 0.15) is 11.5 Å². The molecule has 1 fully saturated rings.